The molecule has 2 heterocycles. The number of carbonyl (C=O) groups is 1. The topological polar surface area (TPSA) is 57.3 Å². The van der Waals surface area contributed by atoms with Crippen LogP contribution in [0.4, 0.5) is 0 Å². The Kier molecular flexibility index (Phi) is 13.2. The lowest BCUT2D eigenvalue weighted by Crippen LogP contribution is -2.39. The van der Waals surface area contributed by atoms with Gasteiger partial charge in [0.15, 0.2) is 0 Å². The molecule has 1 aliphatic carbocycles. The van der Waals surface area contributed by atoms with E-state index in [2.05, 4.69) is 73.2 Å². The van der Waals surface area contributed by atoms with Crippen LogP contribution in [-0.4, -0.2) is 46.6 Å². The zero-order valence-corrected chi connectivity index (χ0v) is 25.4. The van der Waals surface area contributed by atoms with Crippen LogP contribution in [-0.2, 0) is 4.79 Å². The van der Waals surface area contributed by atoms with E-state index in [0.29, 0.717) is 30.3 Å². The molecule has 1 aliphatic heterocycles. The number of hydrogen-bond donors (Lipinski definition) is 2. The highest BCUT2D eigenvalue weighted by atomic mass is 32.2. The van der Waals surface area contributed by atoms with E-state index in [9.17, 15) is 4.79 Å². The monoisotopic (exact) mass is 540 g/mol. The second-order valence-corrected chi connectivity index (χ2v) is 12.4. The molecule has 1 unspecified atom stereocenters. The summed E-state index contributed by atoms with van der Waals surface area (Å²) in [5.74, 6) is 1.14. The molecule has 2 N–H and O–H groups in total. The van der Waals surface area contributed by atoms with Crippen molar-refractivity contribution in [2.45, 2.75) is 116 Å². The molecule has 0 bridgehead atoms. The van der Waals surface area contributed by atoms with Gasteiger partial charge in [-0.3, -0.25) is 14.1 Å². The van der Waals surface area contributed by atoms with E-state index in [1.165, 1.54) is 54.6 Å². The number of aromatic nitrogens is 1. The van der Waals surface area contributed by atoms with Crippen molar-refractivity contribution in [2.75, 3.05) is 19.3 Å². The summed E-state index contributed by atoms with van der Waals surface area (Å²) in [7, 11) is 0. The Balaban J connectivity index is 1.60. The summed E-state index contributed by atoms with van der Waals surface area (Å²) < 4.78 is 2.45. The van der Waals surface area contributed by atoms with Crippen molar-refractivity contribution in [3.05, 3.63) is 40.9 Å². The smallest absolute Gasteiger partial charge is 0.220 e. The molecule has 212 valence electrons. The van der Waals surface area contributed by atoms with Crippen LogP contribution in [0.5, 0.6) is 0 Å². The third-order valence-corrected chi connectivity index (χ3v) is 9.10. The van der Waals surface area contributed by atoms with Gasteiger partial charge >= 0.3 is 0 Å². The van der Waals surface area contributed by atoms with Crippen LogP contribution in [0.2, 0.25) is 0 Å². The highest BCUT2D eigenvalue weighted by Crippen LogP contribution is 2.35. The van der Waals surface area contributed by atoms with Crippen molar-refractivity contribution in [3.63, 3.8) is 0 Å². The van der Waals surface area contributed by atoms with Gasteiger partial charge in [0.05, 0.1) is 5.69 Å². The second kappa shape index (κ2) is 16.3. The van der Waals surface area contributed by atoms with Crippen LogP contribution >= 0.6 is 11.9 Å². The SMILES string of the molecule is C/C=C\c1ccnc(C2CCC(NC(=O)CC(C)CCCCC)CC2)c1/C=C(\C)NC1CCN(SC)CC1. The lowest BCUT2D eigenvalue weighted by atomic mass is 9.81. The summed E-state index contributed by atoms with van der Waals surface area (Å²) in [5.41, 5.74) is 4.93. The maximum absolute atomic E-state index is 12.6. The van der Waals surface area contributed by atoms with Crippen molar-refractivity contribution in [3.8, 4) is 0 Å². The molecule has 1 aromatic heterocycles. The maximum atomic E-state index is 12.6. The average Bonchev–Trinajstić information content (AvgIpc) is 2.91. The Bertz CT molecular complexity index is 914. The minimum atomic E-state index is 0.235. The molecule has 0 radical (unpaired) electrons. The van der Waals surface area contributed by atoms with E-state index < -0.39 is 0 Å². The molecule has 1 saturated heterocycles. The summed E-state index contributed by atoms with van der Waals surface area (Å²) >= 11 is 1.86. The second-order valence-electron chi connectivity index (χ2n) is 11.5. The van der Waals surface area contributed by atoms with Gasteiger partial charge in [0.25, 0.3) is 0 Å². The van der Waals surface area contributed by atoms with E-state index in [1.54, 1.807) is 0 Å². The summed E-state index contributed by atoms with van der Waals surface area (Å²) in [4.78, 5) is 17.6. The molecular formula is C32H52N4OS. The molecule has 3 rings (SSSR count). The molecule has 6 heteroatoms. The maximum Gasteiger partial charge on any atom is 0.220 e. The van der Waals surface area contributed by atoms with Crippen LogP contribution in [0.3, 0.4) is 0 Å². The number of rotatable bonds is 13. The van der Waals surface area contributed by atoms with E-state index >= 15 is 0 Å². The quantitative estimate of drug-likeness (QED) is 0.200. The van der Waals surface area contributed by atoms with E-state index in [-0.39, 0.29) is 5.91 Å². The largest absolute Gasteiger partial charge is 0.386 e. The Hall–Kier alpha value is -1.79. The van der Waals surface area contributed by atoms with E-state index in [4.69, 9.17) is 4.98 Å². The average molecular weight is 541 g/mol. The zero-order valence-electron chi connectivity index (χ0n) is 24.6. The summed E-state index contributed by atoms with van der Waals surface area (Å²) in [6.45, 7) is 11.0. The standard InChI is InChI=1S/C32H52N4OS/c1-6-8-9-11-24(3)22-31(37)35-28-14-12-27(13-15-28)32-30(26(10-7-2)16-19-33-32)23-25(4)34-29-17-20-36(38-5)21-18-29/h7,10,16,19,23-24,27-29,34H,6,8-9,11-15,17-18,20-22H2,1-5H3,(H,35,37)/b10-7-,25-23+. The number of pyridine rings is 1. The molecule has 1 amide bonds. The van der Waals surface area contributed by atoms with Crippen molar-refractivity contribution < 1.29 is 4.79 Å². The van der Waals surface area contributed by atoms with Crippen molar-refractivity contribution in [2.24, 2.45) is 5.92 Å². The molecule has 0 spiro atoms. The molecule has 1 aromatic rings. The fraction of sp³-hybridized carbons (Fsp3) is 0.688. The highest BCUT2D eigenvalue weighted by molar-refractivity contribution is 7.96. The van der Waals surface area contributed by atoms with Crippen LogP contribution < -0.4 is 10.6 Å². The number of carbonyl (C=O) groups excluding carboxylic acids is 1. The van der Waals surface area contributed by atoms with Gasteiger partial charge in [-0.1, -0.05) is 63.6 Å². The summed E-state index contributed by atoms with van der Waals surface area (Å²) in [6, 6.07) is 2.97. The Morgan fingerprint density at radius 1 is 1.13 bits per heavy atom. The van der Waals surface area contributed by atoms with Crippen LogP contribution in [0.1, 0.15) is 121 Å². The predicted octanol–water partition coefficient (Wildman–Crippen LogP) is 7.56. The number of hydrogen-bond acceptors (Lipinski definition) is 5. The molecule has 38 heavy (non-hydrogen) atoms. The van der Waals surface area contributed by atoms with Gasteiger partial charge in [0.1, 0.15) is 0 Å². The van der Waals surface area contributed by atoms with Crippen molar-refractivity contribution in [1.29, 1.82) is 0 Å². The molecule has 1 saturated carbocycles. The first-order valence-corrected chi connectivity index (χ1v) is 16.3. The van der Waals surface area contributed by atoms with Gasteiger partial charge in [0.2, 0.25) is 5.91 Å². The predicted molar refractivity (Wildman–Crippen MR) is 165 cm³/mol. The minimum absolute atomic E-state index is 0.235. The third-order valence-electron chi connectivity index (χ3n) is 8.22. The number of nitrogens with one attached hydrogen (secondary N) is 2. The third kappa shape index (κ3) is 9.75. The van der Waals surface area contributed by atoms with Crippen LogP contribution in [0, 0.1) is 5.92 Å². The van der Waals surface area contributed by atoms with Crippen molar-refractivity contribution >= 4 is 30.0 Å². The Morgan fingerprint density at radius 3 is 2.50 bits per heavy atom. The fourth-order valence-corrected chi connectivity index (χ4v) is 6.61. The number of nitrogens with zero attached hydrogens (tertiary/aromatic N) is 2. The summed E-state index contributed by atoms with van der Waals surface area (Å²) in [5, 5.41) is 7.14. The van der Waals surface area contributed by atoms with Gasteiger partial charge in [-0.05, 0) is 82.3 Å². The number of amides is 1. The zero-order chi connectivity index (χ0) is 27.3. The number of allylic oxidation sites excluding steroid dienone is 2. The Labute approximate surface area is 236 Å². The lowest BCUT2D eigenvalue weighted by molar-refractivity contribution is -0.122. The molecule has 0 aromatic carbocycles. The first-order valence-electron chi connectivity index (χ1n) is 15.1. The van der Waals surface area contributed by atoms with E-state index in [1.807, 2.05) is 18.1 Å². The normalized spacial score (nSPS) is 22.5. The van der Waals surface area contributed by atoms with Gasteiger partial charge < -0.3 is 10.6 Å². The lowest BCUT2D eigenvalue weighted by Gasteiger charge is -2.32. The Morgan fingerprint density at radius 2 is 1.84 bits per heavy atom. The highest BCUT2D eigenvalue weighted by Gasteiger charge is 2.27. The molecule has 1 atom stereocenters. The van der Waals surface area contributed by atoms with Crippen LogP contribution in [0.15, 0.2) is 24.0 Å². The van der Waals surface area contributed by atoms with Gasteiger partial charge in [-0.2, -0.15) is 0 Å². The van der Waals surface area contributed by atoms with Crippen LogP contribution in [0.25, 0.3) is 12.2 Å². The molecule has 5 nitrogen and oxygen atoms in total. The number of unbranched alkanes of at least 4 members (excludes halogenated alkanes) is 2. The molecule has 2 aliphatic rings. The van der Waals surface area contributed by atoms with Crippen molar-refractivity contribution in [1.82, 2.24) is 19.9 Å². The fourth-order valence-electron chi connectivity index (χ4n) is 6.03. The molecular weight excluding hydrogens is 488 g/mol. The minimum Gasteiger partial charge on any atom is -0.386 e. The summed E-state index contributed by atoms with van der Waals surface area (Å²) in [6.07, 6.45) is 22.9. The van der Waals surface area contributed by atoms with Gasteiger partial charge in [-0.15, -0.1) is 0 Å². The van der Waals surface area contributed by atoms with Gasteiger partial charge in [0, 0.05) is 55.0 Å². The first kappa shape index (κ1) is 30.7. The first-order chi connectivity index (χ1) is 18.4. The van der Waals surface area contributed by atoms with E-state index in [0.717, 1.165) is 45.2 Å². The van der Waals surface area contributed by atoms with Gasteiger partial charge in [-0.25, -0.2) is 0 Å². The molecule has 2 fully saturated rings. The number of piperidine rings is 1.